The largest absolute Gasteiger partial charge is 0.417 e. The molecule has 5 nitrogen and oxygen atoms in total. The second-order valence-corrected chi connectivity index (χ2v) is 35.6. The Labute approximate surface area is 784 Å². The Hall–Kier alpha value is -12.7. The minimum atomic E-state index is -5.05. The molecular formula is C107H89ClF25NO4. The van der Waals surface area contributed by atoms with Gasteiger partial charge < -0.3 is 0 Å². The van der Waals surface area contributed by atoms with Gasteiger partial charge in [-0.05, 0) is 328 Å². The topological polar surface area (TPSA) is 92.1 Å². The van der Waals surface area contributed by atoms with Gasteiger partial charge in [-0.25, -0.2) is 30.7 Å². The molecule has 0 N–H and O–H groups in total. The lowest BCUT2D eigenvalue weighted by atomic mass is 9.84. The van der Waals surface area contributed by atoms with Crippen LogP contribution in [0.25, 0.3) is 89.0 Å². The zero-order valence-corrected chi connectivity index (χ0v) is 76.5. The third kappa shape index (κ3) is 29.9. The van der Waals surface area contributed by atoms with Gasteiger partial charge in [-0.1, -0.05) is 134 Å². The van der Waals surface area contributed by atoms with E-state index in [4.69, 9.17) is 11.6 Å². The number of benzene rings is 12. The minimum absolute atomic E-state index is 0.0190. The lowest BCUT2D eigenvalue weighted by Gasteiger charge is -2.20. The monoisotopic (exact) mass is 1960 g/mol. The maximum absolute atomic E-state index is 14.1. The van der Waals surface area contributed by atoms with Crippen LogP contribution in [0.15, 0.2) is 224 Å². The van der Waals surface area contributed by atoms with E-state index in [2.05, 4.69) is 0 Å². The zero-order chi connectivity index (χ0) is 103. The molecule has 4 unspecified atom stereocenters. The zero-order valence-electron chi connectivity index (χ0n) is 75.7. The standard InChI is InChI=1S/C28H23F6NO.C27H22F8O.C26H22ClF5O.C26H22F6O/c1-16(2)7-26(17(3)36)23-10-20(19-6-4-5-18(8-19)15-35)9-21(11-23)22-12-24(27(29,30)31)14-25(13-22)28(32,33)34;1-14(2)4-25(15(3)36)20-6-16(5-17(7-20)19-10-23(28)13-24(29)11-19)18-8-21(26(30,31)32)12-22(9-18)27(33,34)35;1-14(2)6-23(15(3)33)20-8-17(16-4-5-25(27)24(12-16)26(30,31)32)7-18(9-20)19-10-21(28)13-22(29)11-19;1-14(2)4-25(15(3)33)20-6-16(18-8-21(26(30,31)32)12-22(27)9-18)5-17(7-20)19-10-23(28)13-24(29)11-19/h4-6,8-14,16,26H,7H2,1-3H3;5-14,25H,4H2,1-3H3;4-5,7-14,23H,6H2,1-3H3;5-14,25H,4H2,1-3H3. The first-order valence-corrected chi connectivity index (χ1v) is 43.2. The van der Waals surface area contributed by atoms with Gasteiger partial charge in [0, 0.05) is 41.9 Å². The van der Waals surface area contributed by atoms with Crippen LogP contribution in [0.2, 0.25) is 5.02 Å². The fraction of sp³-hybridized carbons (Fsp3) is 0.280. The average molecular weight is 1960 g/mol. The van der Waals surface area contributed by atoms with Gasteiger partial charge in [-0.3, -0.25) is 19.2 Å². The van der Waals surface area contributed by atoms with Crippen molar-refractivity contribution in [3.8, 4) is 95.1 Å². The molecule has 728 valence electrons. The summed E-state index contributed by atoms with van der Waals surface area (Å²) in [4.78, 5) is 49.8. The van der Waals surface area contributed by atoms with E-state index < -0.39 is 145 Å². The average Bonchev–Trinajstić information content (AvgIpc) is 0.799. The van der Waals surface area contributed by atoms with Crippen molar-refractivity contribution < 1.29 is 129 Å². The molecule has 12 rings (SSSR count). The van der Waals surface area contributed by atoms with Crippen molar-refractivity contribution in [3.05, 3.63) is 331 Å². The molecule has 0 heterocycles. The maximum Gasteiger partial charge on any atom is 0.417 e. The van der Waals surface area contributed by atoms with Gasteiger partial charge in [-0.15, -0.1) is 0 Å². The number of Topliss-reactive ketones (excluding diaryl/α,β-unsaturated/α-hetero) is 4. The summed E-state index contributed by atoms with van der Waals surface area (Å²) in [7, 11) is 0. The van der Waals surface area contributed by atoms with Crippen molar-refractivity contribution in [3.63, 3.8) is 0 Å². The summed E-state index contributed by atoms with van der Waals surface area (Å²) < 4.78 is 339. The van der Waals surface area contributed by atoms with Crippen molar-refractivity contribution in [2.24, 2.45) is 23.7 Å². The van der Waals surface area contributed by atoms with E-state index in [1.807, 2.05) is 61.5 Å². The van der Waals surface area contributed by atoms with Crippen molar-refractivity contribution in [1.29, 1.82) is 5.26 Å². The highest BCUT2D eigenvalue weighted by molar-refractivity contribution is 6.31. The molecule has 0 fully saturated rings. The minimum Gasteiger partial charge on any atom is -0.299 e. The Bertz CT molecular complexity index is 6380. The van der Waals surface area contributed by atoms with E-state index >= 15 is 0 Å². The molecule has 0 amide bonds. The molecule has 12 aromatic carbocycles. The summed E-state index contributed by atoms with van der Waals surface area (Å²) in [6.07, 6.45) is -27.7. The number of nitriles is 1. The molecule has 0 aliphatic heterocycles. The molecule has 4 atom stereocenters. The first-order chi connectivity index (χ1) is 63.9. The molecule has 0 aromatic heterocycles. The lowest BCUT2D eigenvalue weighted by Crippen LogP contribution is -2.12. The van der Waals surface area contributed by atoms with Crippen LogP contribution in [0.3, 0.4) is 0 Å². The second kappa shape index (κ2) is 44.4. The molecule has 0 spiro atoms. The number of carbonyl (C=O) groups excluding carboxylic acids is 4. The molecule has 0 bridgehead atoms. The van der Waals surface area contributed by atoms with Crippen molar-refractivity contribution in [2.75, 3.05) is 0 Å². The SMILES string of the molecule is CC(=O)C(CC(C)C)c1cc(-c2cc(F)cc(F)c2)cc(-c2cc(C(F)(F)F)cc(C(F)(F)F)c2)c1.CC(=O)C(CC(C)C)c1cc(-c2cc(F)cc(F)c2)cc(-c2cc(F)cc(C(F)(F)F)c2)c1.CC(=O)C(CC(C)C)c1cc(-c2cc(F)cc(F)c2)cc(-c2ccc(Cl)c(C(F)(F)F)c2)c1.CC(=O)C(CC(C)C)c1cc(-c2cccc(C#N)c2)cc(-c2cc(C(F)(F)F)cc(C(F)(F)F)c2)c1. The molecule has 0 aliphatic carbocycles. The normalized spacial score (nSPS) is 12.9. The number of rotatable bonds is 24. The number of carbonyl (C=O) groups is 4. The number of nitrogens with zero attached hydrogens (tertiary/aromatic N) is 1. The summed E-state index contributed by atoms with van der Waals surface area (Å²) in [5.74, 6) is -8.82. The summed E-state index contributed by atoms with van der Waals surface area (Å²) in [5.41, 5.74) is -3.46. The van der Waals surface area contributed by atoms with Gasteiger partial charge in [0.05, 0.1) is 50.0 Å². The number of hydrogen-bond donors (Lipinski definition) is 0. The highest BCUT2D eigenvalue weighted by Gasteiger charge is 2.41. The van der Waals surface area contributed by atoms with Crippen LogP contribution in [0.4, 0.5) is 110 Å². The maximum atomic E-state index is 14.1. The van der Waals surface area contributed by atoms with Crippen molar-refractivity contribution in [2.45, 2.75) is 169 Å². The summed E-state index contributed by atoms with van der Waals surface area (Å²) >= 11 is 5.76. The molecule has 12 aromatic rings. The van der Waals surface area contributed by atoms with Crippen molar-refractivity contribution in [1.82, 2.24) is 0 Å². The van der Waals surface area contributed by atoms with Crippen molar-refractivity contribution >= 4 is 34.7 Å². The van der Waals surface area contributed by atoms with Gasteiger partial charge in [0.15, 0.2) is 0 Å². The molecule has 138 heavy (non-hydrogen) atoms. The number of halogens is 26. The summed E-state index contributed by atoms with van der Waals surface area (Å²) in [6.45, 7) is 20.9. The van der Waals surface area contributed by atoms with E-state index in [-0.39, 0.29) is 115 Å². The summed E-state index contributed by atoms with van der Waals surface area (Å²) in [6, 6.07) is 43.4. The van der Waals surface area contributed by atoms with E-state index in [0.29, 0.717) is 124 Å². The highest BCUT2D eigenvalue weighted by atomic mass is 35.5. The van der Waals surface area contributed by atoms with E-state index in [0.717, 1.165) is 66.7 Å². The summed E-state index contributed by atoms with van der Waals surface area (Å²) in [5, 5.41) is 8.83. The Morgan fingerprint density at radius 2 is 0.464 bits per heavy atom. The Balaban J connectivity index is 0.000000206. The van der Waals surface area contributed by atoms with Crippen LogP contribution in [-0.4, -0.2) is 23.1 Å². The van der Waals surface area contributed by atoms with Crippen LogP contribution in [0.5, 0.6) is 0 Å². The fourth-order valence-electron chi connectivity index (χ4n) is 15.8. The van der Waals surface area contributed by atoms with Gasteiger partial charge in [-0.2, -0.15) is 84.3 Å². The smallest absolute Gasteiger partial charge is 0.299 e. The van der Waals surface area contributed by atoms with E-state index in [1.54, 1.807) is 54.6 Å². The van der Waals surface area contributed by atoms with Crippen LogP contribution < -0.4 is 0 Å². The quantitative estimate of drug-likeness (QED) is 0.0562. The number of ketones is 4. The van der Waals surface area contributed by atoms with Crippen LogP contribution in [-0.2, 0) is 56.2 Å². The molecule has 0 saturated carbocycles. The molecular weight excluding hydrogens is 1870 g/mol. The number of hydrogen-bond acceptors (Lipinski definition) is 5. The highest BCUT2D eigenvalue weighted by Crippen LogP contribution is 2.48. The second-order valence-electron chi connectivity index (χ2n) is 35.2. The predicted molar refractivity (Wildman–Crippen MR) is 480 cm³/mol. The Kier molecular flexibility index (Phi) is 35.1. The molecule has 0 aliphatic rings. The number of alkyl halides is 18. The first kappa shape index (κ1) is 109. The van der Waals surface area contributed by atoms with Gasteiger partial charge >= 0.3 is 37.1 Å². The van der Waals surface area contributed by atoms with Crippen LogP contribution in [0.1, 0.15) is 194 Å². The first-order valence-electron chi connectivity index (χ1n) is 42.8. The van der Waals surface area contributed by atoms with Crippen LogP contribution in [0, 0.1) is 75.7 Å². The Morgan fingerprint density at radius 3 is 0.688 bits per heavy atom. The predicted octanol–water partition coefficient (Wildman–Crippen LogP) is 34.6. The van der Waals surface area contributed by atoms with Gasteiger partial charge in [0.25, 0.3) is 0 Å². The van der Waals surface area contributed by atoms with Gasteiger partial charge in [0.2, 0.25) is 0 Å². The van der Waals surface area contributed by atoms with Crippen LogP contribution >= 0.6 is 11.6 Å². The van der Waals surface area contributed by atoms with Gasteiger partial charge in [0.1, 0.15) is 63.9 Å². The van der Waals surface area contributed by atoms with E-state index in [9.17, 15) is 134 Å². The van der Waals surface area contributed by atoms with E-state index in [1.165, 1.54) is 76.2 Å². The molecule has 0 radical (unpaired) electrons. The fourth-order valence-corrected chi connectivity index (χ4v) is 16.0. The lowest BCUT2D eigenvalue weighted by molar-refractivity contribution is -0.144. The third-order valence-corrected chi connectivity index (χ3v) is 22.5. The third-order valence-electron chi connectivity index (χ3n) is 22.1. The molecule has 0 saturated heterocycles. The molecule has 31 heteroatoms. The Morgan fingerprint density at radius 1 is 0.254 bits per heavy atom.